The number of carbonyl (C=O) groups excluding carboxylic acids is 1. The Labute approximate surface area is 149 Å². The fourth-order valence-corrected chi connectivity index (χ4v) is 3.28. The summed E-state index contributed by atoms with van der Waals surface area (Å²) in [6.07, 6.45) is 6.02. The van der Waals surface area contributed by atoms with Crippen molar-refractivity contribution in [1.82, 2.24) is 10.2 Å². The van der Waals surface area contributed by atoms with Gasteiger partial charge in [-0.25, -0.2) is 0 Å². The van der Waals surface area contributed by atoms with Crippen molar-refractivity contribution in [2.45, 2.75) is 25.4 Å². The number of fused-ring (bicyclic) bond motifs is 1. The summed E-state index contributed by atoms with van der Waals surface area (Å²) in [6, 6.07) is 14.3. The molecule has 1 fully saturated rings. The molecule has 1 saturated heterocycles. The van der Waals surface area contributed by atoms with E-state index in [0.717, 1.165) is 49.8 Å². The lowest BCUT2D eigenvalue weighted by Crippen LogP contribution is -2.37. The van der Waals surface area contributed by atoms with E-state index in [0.29, 0.717) is 6.54 Å². The summed E-state index contributed by atoms with van der Waals surface area (Å²) in [6.45, 7) is 3.56. The predicted octanol–water partition coefficient (Wildman–Crippen LogP) is 2.82. The largest absolute Gasteiger partial charge is 0.393 e. The molecule has 2 aromatic carbocycles. The highest BCUT2D eigenvalue weighted by Gasteiger charge is 2.15. The standard InChI is InChI=1S/C21H26N2O2/c24-19-11-15-23(16-12-19)14-4-13-22-21(25)10-9-18-7-3-6-17-5-1-2-8-20(17)18/h1-3,5-10,19,24H,4,11-16H2,(H,22,25). The average Bonchev–Trinajstić information content (AvgIpc) is 2.65. The smallest absolute Gasteiger partial charge is 0.244 e. The number of nitrogens with zero attached hydrogens (tertiary/aromatic N) is 1. The van der Waals surface area contributed by atoms with E-state index in [2.05, 4.69) is 28.4 Å². The summed E-state index contributed by atoms with van der Waals surface area (Å²) < 4.78 is 0. The molecule has 0 bridgehead atoms. The minimum absolute atomic E-state index is 0.0537. The molecule has 3 rings (SSSR count). The van der Waals surface area contributed by atoms with E-state index >= 15 is 0 Å². The predicted molar refractivity (Wildman–Crippen MR) is 102 cm³/mol. The lowest BCUT2D eigenvalue weighted by atomic mass is 10.0. The SMILES string of the molecule is O=C(C=Cc1cccc2ccccc12)NCCCN1CCC(O)CC1. The molecule has 1 aliphatic heterocycles. The second kappa shape index (κ2) is 8.79. The van der Waals surface area contributed by atoms with Crippen LogP contribution in [0.3, 0.4) is 0 Å². The van der Waals surface area contributed by atoms with Crippen LogP contribution in [-0.2, 0) is 4.79 Å². The van der Waals surface area contributed by atoms with Crippen molar-refractivity contribution in [3.8, 4) is 0 Å². The summed E-state index contributed by atoms with van der Waals surface area (Å²) in [5.74, 6) is -0.0537. The quantitative estimate of drug-likeness (QED) is 0.629. The van der Waals surface area contributed by atoms with E-state index in [1.54, 1.807) is 6.08 Å². The topological polar surface area (TPSA) is 52.6 Å². The second-order valence-electron chi connectivity index (χ2n) is 6.62. The van der Waals surface area contributed by atoms with E-state index < -0.39 is 0 Å². The Morgan fingerprint density at radius 1 is 1.16 bits per heavy atom. The number of rotatable bonds is 6. The molecule has 25 heavy (non-hydrogen) atoms. The van der Waals surface area contributed by atoms with Crippen LogP contribution >= 0.6 is 0 Å². The van der Waals surface area contributed by atoms with Crippen molar-refractivity contribution in [2.75, 3.05) is 26.2 Å². The third-order valence-corrected chi connectivity index (χ3v) is 4.75. The Balaban J connectivity index is 1.43. The van der Waals surface area contributed by atoms with Crippen LogP contribution in [0.2, 0.25) is 0 Å². The number of amides is 1. The molecule has 1 heterocycles. The third-order valence-electron chi connectivity index (χ3n) is 4.75. The number of aliphatic hydroxyl groups is 1. The molecule has 1 aliphatic rings. The zero-order chi connectivity index (χ0) is 17.5. The van der Waals surface area contributed by atoms with Crippen LogP contribution in [0.1, 0.15) is 24.8 Å². The molecule has 132 valence electrons. The molecule has 2 aromatic rings. The number of piperidine rings is 1. The summed E-state index contributed by atoms with van der Waals surface area (Å²) in [7, 11) is 0. The van der Waals surface area contributed by atoms with Crippen LogP contribution in [0.4, 0.5) is 0 Å². The van der Waals surface area contributed by atoms with Crippen LogP contribution in [-0.4, -0.2) is 48.2 Å². The van der Waals surface area contributed by atoms with Gasteiger partial charge < -0.3 is 15.3 Å². The first-order valence-corrected chi connectivity index (χ1v) is 9.06. The van der Waals surface area contributed by atoms with Crippen molar-refractivity contribution < 1.29 is 9.90 Å². The summed E-state index contributed by atoms with van der Waals surface area (Å²) in [5, 5.41) is 14.8. The molecule has 0 atom stereocenters. The van der Waals surface area contributed by atoms with E-state index in [-0.39, 0.29) is 12.0 Å². The Morgan fingerprint density at radius 3 is 2.76 bits per heavy atom. The molecule has 0 aliphatic carbocycles. The molecule has 0 aromatic heterocycles. The van der Waals surface area contributed by atoms with Gasteiger partial charge in [0.1, 0.15) is 0 Å². The second-order valence-corrected chi connectivity index (χ2v) is 6.62. The van der Waals surface area contributed by atoms with Gasteiger partial charge in [-0.1, -0.05) is 42.5 Å². The van der Waals surface area contributed by atoms with E-state index in [1.165, 1.54) is 5.39 Å². The van der Waals surface area contributed by atoms with Crippen molar-refractivity contribution >= 4 is 22.8 Å². The van der Waals surface area contributed by atoms with Crippen LogP contribution in [0.15, 0.2) is 48.5 Å². The number of likely N-dealkylation sites (tertiary alicyclic amines) is 1. The van der Waals surface area contributed by atoms with Crippen molar-refractivity contribution in [3.63, 3.8) is 0 Å². The summed E-state index contributed by atoms with van der Waals surface area (Å²) in [5.41, 5.74) is 1.06. The van der Waals surface area contributed by atoms with Gasteiger partial charge in [0.05, 0.1) is 6.10 Å². The first kappa shape index (κ1) is 17.6. The van der Waals surface area contributed by atoms with Gasteiger partial charge in [0.15, 0.2) is 0 Å². The number of benzene rings is 2. The minimum atomic E-state index is -0.129. The van der Waals surface area contributed by atoms with Gasteiger partial charge in [0, 0.05) is 25.7 Å². The molecule has 1 amide bonds. The molecule has 2 N–H and O–H groups in total. The molecule has 0 unspecified atom stereocenters. The van der Waals surface area contributed by atoms with Gasteiger partial charge in [0.2, 0.25) is 5.91 Å². The zero-order valence-corrected chi connectivity index (χ0v) is 14.5. The molecular weight excluding hydrogens is 312 g/mol. The van der Waals surface area contributed by atoms with Crippen LogP contribution in [0, 0.1) is 0 Å². The monoisotopic (exact) mass is 338 g/mol. The summed E-state index contributed by atoms with van der Waals surface area (Å²) >= 11 is 0. The van der Waals surface area contributed by atoms with Crippen LogP contribution in [0.5, 0.6) is 0 Å². The number of aliphatic hydroxyl groups excluding tert-OH is 1. The Morgan fingerprint density at radius 2 is 1.92 bits per heavy atom. The minimum Gasteiger partial charge on any atom is -0.393 e. The van der Waals surface area contributed by atoms with Crippen molar-refractivity contribution in [2.24, 2.45) is 0 Å². The van der Waals surface area contributed by atoms with Gasteiger partial charge in [-0.15, -0.1) is 0 Å². The summed E-state index contributed by atoms with van der Waals surface area (Å²) in [4.78, 5) is 14.4. The molecule has 0 radical (unpaired) electrons. The molecule has 0 saturated carbocycles. The normalized spacial score (nSPS) is 16.5. The Bertz CT molecular complexity index is 728. The highest BCUT2D eigenvalue weighted by atomic mass is 16.3. The number of carbonyl (C=O) groups is 1. The van der Waals surface area contributed by atoms with Gasteiger partial charge >= 0.3 is 0 Å². The van der Waals surface area contributed by atoms with Crippen LogP contribution in [0.25, 0.3) is 16.8 Å². The molecule has 0 spiro atoms. The first-order chi connectivity index (χ1) is 12.2. The van der Waals surface area contributed by atoms with Gasteiger partial charge in [-0.05, 0) is 48.2 Å². The van der Waals surface area contributed by atoms with Crippen LogP contribution < -0.4 is 5.32 Å². The highest BCUT2D eigenvalue weighted by Crippen LogP contribution is 2.19. The fraction of sp³-hybridized carbons (Fsp3) is 0.381. The van der Waals surface area contributed by atoms with Gasteiger partial charge in [-0.3, -0.25) is 4.79 Å². The zero-order valence-electron chi connectivity index (χ0n) is 14.5. The molecule has 4 heteroatoms. The number of nitrogens with one attached hydrogen (secondary N) is 1. The van der Waals surface area contributed by atoms with Gasteiger partial charge in [-0.2, -0.15) is 0 Å². The fourth-order valence-electron chi connectivity index (χ4n) is 3.28. The Kier molecular flexibility index (Phi) is 6.20. The number of hydrogen-bond acceptors (Lipinski definition) is 3. The molecule has 4 nitrogen and oxygen atoms in total. The lowest BCUT2D eigenvalue weighted by molar-refractivity contribution is -0.116. The van der Waals surface area contributed by atoms with Crippen molar-refractivity contribution in [1.29, 1.82) is 0 Å². The van der Waals surface area contributed by atoms with Crippen molar-refractivity contribution in [3.05, 3.63) is 54.1 Å². The maximum atomic E-state index is 12.0. The maximum Gasteiger partial charge on any atom is 0.244 e. The highest BCUT2D eigenvalue weighted by molar-refractivity contribution is 5.96. The third kappa shape index (κ3) is 5.15. The lowest BCUT2D eigenvalue weighted by Gasteiger charge is -2.29. The average molecular weight is 338 g/mol. The van der Waals surface area contributed by atoms with E-state index in [9.17, 15) is 9.90 Å². The number of hydrogen-bond donors (Lipinski definition) is 2. The molecular formula is C21H26N2O2. The van der Waals surface area contributed by atoms with E-state index in [1.807, 2.05) is 30.3 Å². The van der Waals surface area contributed by atoms with E-state index in [4.69, 9.17) is 0 Å². The first-order valence-electron chi connectivity index (χ1n) is 9.06. The van der Waals surface area contributed by atoms with Gasteiger partial charge in [0.25, 0.3) is 0 Å². The maximum absolute atomic E-state index is 12.0. The Hall–Kier alpha value is -2.17.